The molecule has 0 aromatic heterocycles. The SMILES string of the molecule is O=C(N/N=C\c1cc2c(cc1Cl)OCO2)c1ccc(F)cc1. The van der Waals surface area contributed by atoms with Crippen LogP contribution in [0.1, 0.15) is 15.9 Å². The molecule has 112 valence electrons. The second-order valence-corrected chi connectivity index (χ2v) is 4.84. The summed E-state index contributed by atoms with van der Waals surface area (Å²) in [5.41, 5.74) is 3.21. The molecule has 0 aliphatic carbocycles. The molecular formula is C15H10ClFN2O3. The second kappa shape index (κ2) is 6.03. The summed E-state index contributed by atoms with van der Waals surface area (Å²) in [5, 5.41) is 4.25. The fraction of sp³-hybridized carbons (Fsp3) is 0.0667. The maximum Gasteiger partial charge on any atom is 0.271 e. The lowest BCUT2D eigenvalue weighted by Gasteiger charge is -2.02. The van der Waals surface area contributed by atoms with Gasteiger partial charge in [0.2, 0.25) is 6.79 Å². The van der Waals surface area contributed by atoms with Crippen molar-refractivity contribution in [1.82, 2.24) is 5.43 Å². The number of hydrazone groups is 1. The summed E-state index contributed by atoms with van der Waals surface area (Å²) in [6, 6.07) is 8.42. The molecule has 0 saturated heterocycles. The first-order valence-corrected chi connectivity index (χ1v) is 6.69. The number of amides is 1. The molecule has 0 spiro atoms. The van der Waals surface area contributed by atoms with Crippen LogP contribution in [0.2, 0.25) is 5.02 Å². The van der Waals surface area contributed by atoms with Gasteiger partial charge in [-0.3, -0.25) is 4.79 Å². The van der Waals surface area contributed by atoms with E-state index in [9.17, 15) is 9.18 Å². The Morgan fingerprint density at radius 1 is 1.23 bits per heavy atom. The van der Waals surface area contributed by atoms with Gasteiger partial charge in [-0.2, -0.15) is 5.10 Å². The first-order chi connectivity index (χ1) is 10.6. The summed E-state index contributed by atoms with van der Waals surface area (Å²) in [7, 11) is 0. The number of fused-ring (bicyclic) bond motifs is 1. The van der Waals surface area contributed by atoms with E-state index in [1.165, 1.54) is 30.5 Å². The van der Waals surface area contributed by atoms with Gasteiger partial charge in [0, 0.05) is 17.2 Å². The van der Waals surface area contributed by atoms with Crippen LogP contribution in [0.15, 0.2) is 41.5 Å². The van der Waals surface area contributed by atoms with Crippen molar-refractivity contribution in [2.45, 2.75) is 0 Å². The van der Waals surface area contributed by atoms with Crippen LogP contribution in [0.25, 0.3) is 0 Å². The van der Waals surface area contributed by atoms with Crippen molar-refractivity contribution in [3.63, 3.8) is 0 Å². The predicted octanol–water partition coefficient (Wildman–Crippen LogP) is 2.97. The monoisotopic (exact) mass is 320 g/mol. The van der Waals surface area contributed by atoms with Crippen molar-refractivity contribution >= 4 is 23.7 Å². The minimum Gasteiger partial charge on any atom is -0.454 e. The van der Waals surface area contributed by atoms with E-state index in [2.05, 4.69) is 10.5 Å². The van der Waals surface area contributed by atoms with E-state index < -0.39 is 11.7 Å². The molecule has 3 rings (SSSR count). The van der Waals surface area contributed by atoms with Crippen LogP contribution in [0.5, 0.6) is 11.5 Å². The van der Waals surface area contributed by atoms with Crippen LogP contribution in [0.4, 0.5) is 4.39 Å². The van der Waals surface area contributed by atoms with E-state index in [0.29, 0.717) is 27.6 Å². The van der Waals surface area contributed by atoms with Gasteiger partial charge in [-0.1, -0.05) is 11.6 Å². The first-order valence-electron chi connectivity index (χ1n) is 6.31. The van der Waals surface area contributed by atoms with Gasteiger partial charge < -0.3 is 9.47 Å². The molecule has 0 unspecified atom stereocenters. The lowest BCUT2D eigenvalue weighted by Crippen LogP contribution is -2.17. The number of halogens is 2. The number of rotatable bonds is 3. The summed E-state index contributed by atoms with van der Waals surface area (Å²) in [6.07, 6.45) is 1.39. The standard InChI is InChI=1S/C15H10ClFN2O3/c16-12-6-14-13(21-8-22-14)5-10(12)7-18-19-15(20)9-1-3-11(17)4-2-9/h1-7H,8H2,(H,19,20)/b18-7-. The highest BCUT2D eigenvalue weighted by Crippen LogP contribution is 2.36. The van der Waals surface area contributed by atoms with E-state index in [-0.39, 0.29) is 6.79 Å². The molecule has 0 bridgehead atoms. The van der Waals surface area contributed by atoms with E-state index in [1.807, 2.05) is 0 Å². The molecule has 1 heterocycles. The Hall–Kier alpha value is -2.60. The number of hydrogen-bond acceptors (Lipinski definition) is 4. The number of ether oxygens (including phenoxy) is 2. The minimum atomic E-state index is -0.451. The van der Waals surface area contributed by atoms with Crippen LogP contribution in [0, 0.1) is 5.82 Å². The van der Waals surface area contributed by atoms with Crippen molar-refractivity contribution in [3.05, 3.63) is 58.4 Å². The van der Waals surface area contributed by atoms with Gasteiger partial charge in [0.25, 0.3) is 5.91 Å². The van der Waals surface area contributed by atoms with Crippen molar-refractivity contribution in [2.24, 2.45) is 5.10 Å². The van der Waals surface area contributed by atoms with Crippen LogP contribution in [-0.4, -0.2) is 18.9 Å². The Kier molecular flexibility index (Phi) is 3.93. The molecule has 2 aromatic carbocycles. The smallest absolute Gasteiger partial charge is 0.271 e. The second-order valence-electron chi connectivity index (χ2n) is 4.43. The molecule has 1 N–H and O–H groups in total. The summed E-state index contributed by atoms with van der Waals surface area (Å²) < 4.78 is 23.2. The molecule has 0 fully saturated rings. The Balaban J connectivity index is 1.70. The normalized spacial score (nSPS) is 12.6. The first kappa shape index (κ1) is 14.3. The Morgan fingerprint density at radius 2 is 1.91 bits per heavy atom. The maximum absolute atomic E-state index is 12.8. The zero-order valence-electron chi connectivity index (χ0n) is 11.2. The van der Waals surface area contributed by atoms with Crippen LogP contribution in [-0.2, 0) is 0 Å². The van der Waals surface area contributed by atoms with Gasteiger partial charge in [-0.25, -0.2) is 9.82 Å². The molecule has 1 aliphatic rings. The van der Waals surface area contributed by atoms with Crippen molar-refractivity contribution < 1.29 is 18.7 Å². The number of nitrogens with zero attached hydrogens (tertiary/aromatic N) is 1. The average molecular weight is 321 g/mol. The van der Waals surface area contributed by atoms with Gasteiger partial charge in [0.15, 0.2) is 11.5 Å². The predicted molar refractivity (Wildman–Crippen MR) is 79.0 cm³/mol. The summed E-state index contributed by atoms with van der Waals surface area (Å²) >= 11 is 6.08. The largest absolute Gasteiger partial charge is 0.454 e. The highest BCUT2D eigenvalue weighted by molar-refractivity contribution is 6.33. The molecule has 22 heavy (non-hydrogen) atoms. The third-order valence-corrected chi connectivity index (χ3v) is 3.30. The minimum absolute atomic E-state index is 0.146. The summed E-state index contributed by atoms with van der Waals surface area (Å²) in [6.45, 7) is 0.146. The summed E-state index contributed by atoms with van der Waals surface area (Å²) in [5.74, 6) is 0.272. The highest BCUT2D eigenvalue weighted by Gasteiger charge is 2.15. The average Bonchev–Trinajstić information content (AvgIpc) is 2.95. The number of carbonyl (C=O) groups is 1. The van der Waals surface area contributed by atoms with Crippen LogP contribution >= 0.6 is 11.6 Å². The Labute approximate surface area is 130 Å². The van der Waals surface area contributed by atoms with Gasteiger partial charge in [-0.15, -0.1) is 0 Å². The number of nitrogens with one attached hydrogen (secondary N) is 1. The molecule has 2 aromatic rings. The fourth-order valence-corrected chi connectivity index (χ4v) is 2.06. The molecule has 0 radical (unpaired) electrons. The zero-order chi connectivity index (χ0) is 15.5. The highest BCUT2D eigenvalue weighted by atomic mass is 35.5. The van der Waals surface area contributed by atoms with Gasteiger partial charge in [0.1, 0.15) is 5.82 Å². The topological polar surface area (TPSA) is 59.9 Å². The lowest BCUT2D eigenvalue weighted by atomic mass is 10.2. The fourth-order valence-electron chi connectivity index (χ4n) is 1.86. The van der Waals surface area contributed by atoms with Gasteiger partial charge in [-0.05, 0) is 30.3 Å². The number of carbonyl (C=O) groups excluding carboxylic acids is 1. The zero-order valence-corrected chi connectivity index (χ0v) is 11.9. The van der Waals surface area contributed by atoms with Crippen LogP contribution in [0.3, 0.4) is 0 Å². The molecule has 5 nitrogen and oxygen atoms in total. The van der Waals surface area contributed by atoms with E-state index >= 15 is 0 Å². The molecule has 0 atom stereocenters. The summed E-state index contributed by atoms with van der Waals surface area (Å²) in [4.78, 5) is 11.8. The third kappa shape index (κ3) is 3.01. The Bertz CT molecular complexity index is 747. The van der Waals surface area contributed by atoms with E-state index in [4.69, 9.17) is 21.1 Å². The van der Waals surface area contributed by atoms with Crippen molar-refractivity contribution in [1.29, 1.82) is 0 Å². The maximum atomic E-state index is 12.8. The van der Waals surface area contributed by atoms with E-state index in [0.717, 1.165) is 0 Å². The van der Waals surface area contributed by atoms with Crippen molar-refractivity contribution in [2.75, 3.05) is 6.79 Å². The number of hydrogen-bond donors (Lipinski definition) is 1. The molecule has 1 amide bonds. The van der Waals surface area contributed by atoms with E-state index in [1.54, 1.807) is 12.1 Å². The third-order valence-electron chi connectivity index (χ3n) is 2.97. The van der Waals surface area contributed by atoms with Crippen molar-refractivity contribution in [3.8, 4) is 11.5 Å². The lowest BCUT2D eigenvalue weighted by molar-refractivity contribution is 0.0955. The molecule has 7 heteroatoms. The molecule has 1 aliphatic heterocycles. The van der Waals surface area contributed by atoms with Gasteiger partial charge in [0.05, 0.1) is 11.2 Å². The molecular weight excluding hydrogens is 311 g/mol. The number of benzene rings is 2. The van der Waals surface area contributed by atoms with Crippen LogP contribution < -0.4 is 14.9 Å². The van der Waals surface area contributed by atoms with Gasteiger partial charge >= 0.3 is 0 Å². The quantitative estimate of drug-likeness (QED) is 0.698. The Morgan fingerprint density at radius 3 is 2.64 bits per heavy atom. The molecule has 0 saturated carbocycles.